The monoisotopic (exact) mass is 377 g/mol. The number of carbonyl (C=O) groups is 3. The minimum Gasteiger partial charge on any atom is -0.493 e. The van der Waals surface area contributed by atoms with E-state index in [9.17, 15) is 14.4 Å². The third-order valence-corrected chi connectivity index (χ3v) is 3.70. The molecule has 0 spiro atoms. The van der Waals surface area contributed by atoms with Gasteiger partial charge in [-0.1, -0.05) is 12.1 Å². The molecule has 1 heterocycles. The van der Waals surface area contributed by atoms with E-state index in [1.807, 2.05) is 0 Å². The zero-order valence-electron chi connectivity index (χ0n) is 16.7. The Morgan fingerprint density at radius 1 is 1.07 bits per heavy atom. The molecular weight excluding hydrogens is 350 g/mol. The van der Waals surface area contributed by atoms with E-state index in [4.69, 9.17) is 14.2 Å². The van der Waals surface area contributed by atoms with Gasteiger partial charge in [-0.05, 0) is 47.6 Å². The average molecular weight is 377 g/mol. The second-order valence-corrected chi connectivity index (χ2v) is 8.36. The highest BCUT2D eigenvalue weighted by Crippen LogP contribution is 2.39. The summed E-state index contributed by atoms with van der Waals surface area (Å²) in [4.78, 5) is 38.2. The summed E-state index contributed by atoms with van der Waals surface area (Å²) < 4.78 is 16.5. The van der Waals surface area contributed by atoms with Crippen LogP contribution in [-0.2, 0) is 9.47 Å². The van der Waals surface area contributed by atoms with E-state index in [0.717, 1.165) is 4.90 Å². The molecule has 0 fully saturated rings. The van der Waals surface area contributed by atoms with Crippen molar-refractivity contribution in [3.8, 4) is 5.75 Å². The predicted octanol–water partition coefficient (Wildman–Crippen LogP) is 4.49. The first kappa shape index (κ1) is 20.7. The van der Waals surface area contributed by atoms with Crippen LogP contribution in [0.4, 0.5) is 9.59 Å². The van der Waals surface area contributed by atoms with E-state index < -0.39 is 29.4 Å². The van der Waals surface area contributed by atoms with Crippen molar-refractivity contribution < 1.29 is 28.6 Å². The molecule has 0 saturated carbocycles. The van der Waals surface area contributed by atoms with Crippen molar-refractivity contribution in [1.29, 1.82) is 0 Å². The largest absolute Gasteiger partial charge is 0.493 e. The number of imide groups is 1. The number of nitrogens with zero attached hydrogens (tertiary/aromatic N) is 1. The molecule has 1 unspecified atom stereocenters. The van der Waals surface area contributed by atoms with E-state index in [-0.39, 0.29) is 0 Å². The fourth-order valence-corrected chi connectivity index (χ4v) is 2.78. The number of fused-ring (bicyclic) bond motifs is 1. The van der Waals surface area contributed by atoms with Crippen molar-refractivity contribution in [2.24, 2.45) is 0 Å². The molecule has 148 valence electrons. The number of carbonyl (C=O) groups excluding carboxylic acids is 3. The molecule has 0 N–H and O–H groups in total. The van der Waals surface area contributed by atoms with Gasteiger partial charge in [0.2, 0.25) is 0 Å². The third-order valence-electron chi connectivity index (χ3n) is 3.70. The van der Waals surface area contributed by atoms with Gasteiger partial charge in [0.15, 0.2) is 6.29 Å². The van der Waals surface area contributed by atoms with Crippen LogP contribution in [0.2, 0.25) is 0 Å². The predicted molar refractivity (Wildman–Crippen MR) is 99.0 cm³/mol. The normalized spacial score (nSPS) is 16.6. The number of benzene rings is 1. The van der Waals surface area contributed by atoms with Gasteiger partial charge in [0.1, 0.15) is 17.0 Å². The first-order valence-electron chi connectivity index (χ1n) is 8.89. The van der Waals surface area contributed by atoms with Gasteiger partial charge in [-0.25, -0.2) is 14.5 Å². The Bertz CT molecular complexity index is 701. The maximum atomic E-state index is 12.9. The summed E-state index contributed by atoms with van der Waals surface area (Å²) in [6.07, 6.45) is -0.634. The summed E-state index contributed by atoms with van der Waals surface area (Å²) in [5.74, 6) is 0.466. The summed E-state index contributed by atoms with van der Waals surface area (Å²) in [5.41, 5.74) is -0.754. The second kappa shape index (κ2) is 7.58. The van der Waals surface area contributed by atoms with Crippen molar-refractivity contribution >= 4 is 18.5 Å². The molecule has 1 aromatic rings. The average Bonchev–Trinajstić information content (AvgIpc) is 2.51. The Hall–Kier alpha value is -2.57. The molecule has 0 saturated heterocycles. The van der Waals surface area contributed by atoms with Crippen LogP contribution >= 0.6 is 0 Å². The Morgan fingerprint density at radius 2 is 1.63 bits per heavy atom. The molecule has 0 radical (unpaired) electrons. The van der Waals surface area contributed by atoms with Crippen molar-refractivity contribution in [1.82, 2.24) is 4.90 Å². The number of rotatable bonds is 2. The fraction of sp³-hybridized carbons (Fsp3) is 0.550. The molecule has 1 aliphatic rings. The van der Waals surface area contributed by atoms with Crippen LogP contribution in [0.5, 0.6) is 5.75 Å². The van der Waals surface area contributed by atoms with Crippen molar-refractivity contribution in [3.05, 3.63) is 29.3 Å². The van der Waals surface area contributed by atoms with Gasteiger partial charge >= 0.3 is 12.2 Å². The van der Waals surface area contributed by atoms with E-state index in [1.165, 1.54) is 0 Å². The lowest BCUT2D eigenvalue weighted by Gasteiger charge is -2.36. The Morgan fingerprint density at radius 3 is 2.11 bits per heavy atom. The molecule has 7 nitrogen and oxygen atoms in total. The number of ether oxygens (including phenoxy) is 3. The Balaban J connectivity index is 2.50. The van der Waals surface area contributed by atoms with Gasteiger partial charge in [0, 0.05) is 17.5 Å². The topological polar surface area (TPSA) is 82.1 Å². The molecule has 1 atom stereocenters. The first-order valence-corrected chi connectivity index (χ1v) is 8.89. The Kier molecular flexibility index (Phi) is 5.82. The summed E-state index contributed by atoms with van der Waals surface area (Å²) >= 11 is 0. The summed E-state index contributed by atoms with van der Waals surface area (Å²) in [6.45, 7) is 10.6. The standard InChI is InChI=1S/C20H27NO6/c1-19(2,3)26-17(23)21(18(24)27-20(4,5)6)14-10-11-25-15-9-7-8-13(12-22)16(14)15/h7-9,12,14H,10-11H2,1-6H3. The molecule has 1 aliphatic heterocycles. The van der Waals surface area contributed by atoms with Crippen LogP contribution in [0.1, 0.15) is 69.9 Å². The minimum absolute atomic E-state index is 0.294. The quantitative estimate of drug-likeness (QED) is 0.706. The van der Waals surface area contributed by atoms with Gasteiger partial charge in [0.05, 0.1) is 12.6 Å². The number of aldehydes is 1. The van der Waals surface area contributed by atoms with Crippen LogP contribution in [0.3, 0.4) is 0 Å². The molecule has 7 heteroatoms. The van der Waals surface area contributed by atoms with E-state index in [2.05, 4.69) is 0 Å². The van der Waals surface area contributed by atoms with Crippen LogP contribution in [-0.4, -0.2) is 41.2 Å². The summed E-state index contributed by atoms with van der Waals surface area (Å²) in [5, 5.41) is 0. The fourth-order valence-electron chi connectivity index (χ4n) is 2.78. The molecule has 2 rings (SSSR count). The van der Waals surface area contributed by atoms with E-state index >= 15 is 0 Å². The molecule has 2 amide bonds. The van der Waals surface area contributed by atoms with Crippen molar-refractivity contribution in [3.63, 3.8) is 0 Å². The number of amides is 2. The number of hydrogen-bond donors (Lipinski definition) is 0. The van der Waals surface area contributed by atoms with Crippen LogP contribution < -0.4 is 4.74 Å². The second-order valence-electron chi connectivity index (χ2n) is 8.36. The molecular formula is C20H27NO6. The van der Waals surface area contributed by atoms with Crippen LogP contribution in [0.15, 0.2) is 18.2 Å². The van der Waals surface area contributed by atoms with Gasteiger partial charge in [-0.15, -0.1) is 0 Å². The third kappa shape index (κ3) is 5.21. The van der Waals surface area contributed by atoms with Crippen LogP contribution in [0.25, 0.3) is 0 Å². The van der Waals surface area contributed by atoms with Crippen LogP contribution in [0, 0.1) is 0 Å². The molecule has 0 aromatic heterocycles. The van der Waals surface area contributed by atoms with E-state index in [1.54, 1.807) is 59.7 Å². The van der Waals surface area contributed by atoms with E-state index in [0.29, 0.717) is 36.2 Å². The maximum Gasteiger partial charge on any atom is 0.420 e. The SMILES string of the molecule is CC(C)(C)OC(=O)N(C(=O)OC(C)(C)C)C1CCOc2cccc(C=O)c21. The highest BCUT2D eigenvalue weighted by Gasteiger charge is 2.40. The molecule has 0 bridgehead atoms. The van der Waals surface area contributed by atoms with Gasteiger partial charge < -0.3 is 14.2 Å². The highest BCUT2D eigenvalue weighted by atomic mass is 16.6. The first-order chi connectivity index (χ1) is 12.4. The lowest BCUT2D eigenvalue weighted by molar-refractivity contribution is -0.0112. The zero-order chi connectivity index (χ0) is 20.4. The zero-order valence-corrected chi connectivity index (χ0v) is 16.7. The summed E-state index contributed by atoms with van der Waals surface area (Å²) in [7, 11) is 0. The smallest absolute Gasteiger partial charge is 0.420 e. The van der Waals surface area contributed by atoms with Crippen molar-refractivity contribution in [2.75, 3.05) is 6.61 Å². The van der Waals surface area contributed by atoms with Gasteiger partial charge in [0.25, 0.3) is 0 Å². The minimum atomic E-state index is -0.824. The lowest BCUT2D eigenvalue weighted by atomic mass is 9.94. The van der Waals surface area contributed by atoms with Crippen molar-refractivity contribution in [2.45, 2.75) is 65.2 Å². The van der Waals surface area contributed by atoms with Gasteiger partial charge in [-0.3, -0.25) is 4.79 Å². The van der Waals surface area contributed by atoms with Gasteiger partial charge in [-0.2, -0.15) is 0 Å². The lowest BCUT2D eigenvalue weighted by Crippen LogP contribution is -2.46. The molecule has 0 aliphatic carbocycles. The summed E-state index contributed by atoms with van der Waals surface area (Å²) in [6, 6.07) is 4.29. The maximum absolute atomic E-state index is 12.9. The Labute approximate surface area is 159 Å². The molecule has 27 heavy (non-hydrogen) atoms. The molecule has 1 aromatic carbocycles. The highest BCUT2D eigenvalue weighted by molar-refractivity contribution is 5.90. The number of hydrogen-bond acceptors (Lipinski definition) is 6.